The molecule has 2 amide bonds. The number of benzene rings is 1. The van der Waals surface area contributed by atoms with Gasteiger partial charge in [-0.25, -0.2) is 4.68 Å². The summed E-state index contributed by atoms with van der Waals surface area (Å²) in [6, 6.07) is 7.39. The van der Waals surface area contributed by atoms with Crippen molar-refractivity contribution >= 4 is 17.5 Å². The van der Waals surface area contributed by atoms with Gasteiger partial charge in [0, 0.05) is 26.2 Å². The first-order chi connectivity index (χ1) is 13.9. The Labute approximate surface area is 170 Å². The Balaban J connectivity index is 1.65. The van der Waals surface area contributed by atoms with Crippen molar-refractivity contribution in [1.82, 2.24) is 14.3 Å². The predicted molar refractivity (Wildman–Crippen MR) is 111 cm³/mol. The fourth-order valence-electron chi connectivity index (χ4n) is 4.70. The number of amides is 2. The molecule has 0 radical (unpaired) electrons. The van der Waals surface area contributed by atoms with Gasteiger partial charge in [-0.3, -0.25) is 19.1 Å². The van der Waals surface area contributed by atoms with E-state index >= 15 is 0 Å². The summed E-state index contributed by atoms with van der Waals surface area (Å²) >= 11 is 0. The number of fused-ring (bicyclic) bond motifs is 1. The van der Waals surface area contributed by atoms with E-state index in [2.05, 4.69) is 5.32 Å². The van der Waals surface area contributed by atoms with Crippen LogP contribution in [0.2, 0.25) is 0 Å². The number of carbonyl (C=O) groups is 2. The molecule has 0 saturated heterocycles. The molecule has 0 spiro atoms. The van der Waals surface area contributed by atoms with Gasteiger partial charge in [-0.1, -0.05) is 37.5 Å². The predicted octanol–water partition coefficient (Wildman–Crippen LogP) is 2.81. The van der Waals surface area contributed by atoms with Crippen LogP contribution in [0.15, 0.2) is 29.1 Å². The highest BCUT2D eigenvalue weighted by Gasteiger charge is 2.34. The largest absolute Gasteiger partial charge is 0.341 e. The Morgan fingerprint density at radius 3 is 2.48 bits per heavy atom. The van der Waals surface area contributed by atoms with Crippen LogP contribution < -0.4 is 10.9 Å². The topological polar surface area (TPSA) is 76.3 Å². The van der Waals surface area contributed by atoms with Crippen molar-refractivity contribution in [2.75, 3.05) is 18.9 Å². The van der Waals surface area contributed by atoms with E-state index in [0.717, 1.165) is 31.4 Å². The highest BCUT2D eigenvalue weighted by Crippen LogP contribution is 2.30. The van der Waals surface area contributed by atoms with E-state index < -0.39 is 5.92 Å². The second-order valence-electron chi connectivity index (χ2n) is 8.24. The number of rotatable bonds is 3. The van der Waals surface area contributed by atoms with E-state index in [1.807, 2.05) is 30.8 Å². The van der Waals surface area contributed by atoms with E-state index in [1.54, 1.807) is 28.8 Å². The van der Waals surface area contributed by atoms with Crippen LogP contribution in [-0.4, -0.2) is 39.7 Å². The van der Waals surface area contributed by atoms with Gasteiger partial charge in [0.2, 0.25) is 5.91 Å². The van der Waals surface area contributed by atoms with Gasteiger partial charge in [-0.2, -0.15) is 0 Å². The molecule has 1 unspecified atom stereocenters. The van der Waals surface area contributed by atoms with Crippen molar-refractivity contribution in [3.8, 4) is 0 Å². The summed E-state index contributed by atoms with van der Waals surface area (Å²) in [7, 11) is 3.58. The fourth-order valence-corrected chi connectivity index (χ4v) is 4.70. The molecule has 1 aliphatic carbocycles. The minimum Gasteiger partial charge on any atom is -0.341 e. The second kappa shape index (κ2) is 7.54. The first-order valence-corrected chi connectivity index (χ1v) is 10.3. The number of nitrogens with one attached hydrogen (secondary N) is 1. The van der Waals surface area contributed by atoms with E-state index in [1.165, 1.54) is 6.42 Å². The van der Waals surface area contributed by atoms with Gasteiger partial charge in [-0.05, 0) is 31.4 Å². The third-order valence-corrected chi connectivity index (χ3v) is 6.45. The minimum absolute atomic E-state index is 0.0832. The fraction of sp³-hybridized carbons (Fsp3) is 0.500. The molecule has 2 aromatic rings. The van der Waals surface area contributed by atoms with Gasteiger partial charge < -0.3 is 10.2 Å². The summed E-state index contributed by atoms with van der Waals surface area (Å²) in [4.78, 5) is 40.3. The molecule has 1 fully saturated rings. The van der Waals surface area contributed by atoms with Crippen molar-refractivity contribution in [2.24, 2.45) is 7.05 Å². The number of anilines is 1. The highest BCUT2D eigenvalue weighted by atomic mass is 16.2. The van der Waals surface area contributed by atoms with E-state index in [9.17, 15) is 14.4 Å². The van der Waals surface area contributed by atoms with Gasteiger partial charge in [-0.15, -0.1) is 0 Å². The van der Waals surface area contributed by atoms with Gasteiger partial charge in [0.1, 0.15) is 5.69 Å². The lowest BCUT2D eigenvalue weighted by Gasteiger charge is -2.30. The first-order valence-electron chi connectivity index (χ1n) is 10.3. The molecule has 4 rings (SSSR count). The van der Waals surface area contributed by atoms with Gasteiger partial charge in [0.05, 0.1) is 17.7 Å². The summed E-state index contributed by atoms with van der Waals surface area (Å²) in [6.07, 6.45) is 5.46. The minimum atomic E-state index is -0.504. The molecule has 1 aromatic heterocycles. The Kier molecular flexibility index (Phi) is 5.06. The number of hydrogen-bond acceptors (Lipinski definition) is 3. The molecular formula is C22H28N4O3. The Morgan fingerprint density at radius 1 is 1.07 bits per heavy atom. The van der Waals surface area contributed by atoms with Crippen LogP contribution >= 0.6 is 0 Å². The first kappa shape index (κ1) is 19.5. The smallest absolute Gasteiger partial charge is 0.290 e. The van der Waals surface area contributed by atoms with E-state index in [0.29, 0.717) is 23.4 Å². The van der Waals surface area contributed by atoms with Crippen molar-refractivity contribution in [2.45, 2.75) is 51.0 Å². The van der Waals surface area contributed by atoms with Crippen LogP contribution in [0.1, 0.15) is 65.7 Å². The van der Waals surface area contributed by atoms with E-state index in [-0.39, 0.29) is 23.4 Å². The van der Waals surface area contributed by atoms with Gasteiger partial charge in [0.25, 0.3) is 11.5 Å². The van der Waals surface area contributed by atoms with Gasteiger partial charge in [0.15, 0.2) is 0 Å². The lowest BCUT2D eigenvalue weighted by molar-refractivity contribution is -0.118. The molecule has 1 aromatic carbocycles. The zero-order valence-electron chi connectivity index (χ0n) is 17.3. The standard InChI is InChI=1S/C22H28N4O3/c1-14-19(22(29)26(25(14)3)15-9-5-4-6-10-15)23-20(27)18-13-24(2)21(28)17-12-8-7-11-16(17)18/h7-8,11-12,15,18H,4-6,9-10,13H2,1-3H3,(H,23,27). The molecule has 2 aliphatic rings. The van der Waals surface area contributed by atoms with Crippen molar-refractivity contribution in [1.29, 1.82) is 0 Å². The zero-order valence-corrected chi connectivity index (χ0v) is 17.3. The molecular weight excluding hydrogens is 368 g/mol. The average Bonchev–Trinajstić information content (AvgIpc) is 2.94. The number of hydrogen-bond donors (Lipinski definition) is 1. The number of carbonyl (C=O) groups excluding carboxylic acids is 2. The molecule has 2 heterocycles. The second-order valence-corrected chi connectivity index (χ2v) is 8.24. The molecule has 1 aliphatic heterocycles. The van der Waals surface area contributed by atoms with Crippen LogP contribution in [-0.2, 0) is 11.8 Å². The molecule has 1 atom stereocenters. The highest BCUT2D eigenvalue weighted by molar-refractivity contribution is 6.03. The molecule has 7 heteroatoms. The maximum atomic E-state index is 13.2. The summed E-state index contributed by atoms with van der Waals surface area (Å²) in [6.45, 7) is 2.16. The quantitative estimate of drug-likeness (QED) is 0.867. The summed E-state index contributed by atoms with van der Waals surface area (Å²) in [5, 5.41) is 2.89. The SMILES string of the molecule is Cc1c(NC(=O)C2CN(C)C(=O)c3ccccc32)c(=O)n(C2CCCCC2)n1C. The zero-order chi connectivity index (χ0) is 20.7. The Hall–Kier alpha value is -2.83. The Bertz CT molecular complexity index is 1010. The average molecular weight is 396 g/mol. The van der Waals surface area contributed by atoms with Gasteiger partial charge >= 0.3 is 0 Å². The lowest BCUT2D eigenvalue weighted by Crippen LogP contribution is -2.41. The van der Waals surface area contributed by atoms with Crippen LogP contribution in [0, 0.1) is 6.92 Å². The summed E-state index contributed by atoms with van der Waals surface area (Å²) in [5.41, 5.74) is 2.22. The number of aromatic nitrogens is 2. The lowest BCUT2D eigenvalue weighted by atomic mass is 9.89. The molecule has 1 N–H and O–H groups in total. The molecule has 1 saturated carbocycles. The number of likely N-dealkylation sites (N-methyl/N-ethyl adjacent to an activating group) is 1. The third-order valence-electron chi connectivity index (χ3n) is 6.45. The van der Waals surface area contributed by atoms with Crippen molar-refractivity contribution < 1.29 is 9.59 Å². The van der Waals surface area contributed by atoms with Crippen molar-refractivity contribution in [3.05, 3.63) is 51.4 Å². The monoisotopic (exact) mass is 396 g/mol. The maximum Gasteiger partial charge on any atom is 0.290 e. The molecule has 7 nitrogen and oxygen atoms in total. The summed E-state index contributed by atoms with van der Waals surface area (Å²) < 4.78 is 3.67. The molecule has 154 valence electrons. The van der Waals surface area contributed by atoms with Crippen LogP contribution in [0.4, 0.5) is 5.69 Å². The molecule has 0 bridgehead atoms. The Morgan fingerprint density at radius 2 is 1.76 bits per heavy atom. The molecule has 29 heavy (non-hydrogen) atoms. The van der Waals surface area contributed by atoms with E-state index in [4.69, 9.17) is 0 Å². The van der Waals surface area contributed by atoms with Crippen LogP contribution in [0.3, 0.4) is 0 Å². The normalized spacial score (nSPS) is 19.9. The summed E-state index contributed by atoms with van der Waals surface area (Å²) in [5.74, 6) is -0.838. The maximum absolute atomic E-state index is 13.2. The van der Waals surface area contributed by atoms with Crippen molar-refractivity contribution in [3.63, 3.8) is 0 Å². The number of nitrogens with zero attached hydrogens (tertiary/aromatic N) is 3. The third kappa shape index (κ3) is 3.28. The van der Waals surface area contributed by atoms with Crippen LogP contribution in [0.5, 0.6) is 0 Å². The van der Waals surface area contributed by atoms with Crippen LogP contribution in [0.25, 0.3) is 0 Å².